The van der Waals surface area contributed by atoms with Crippen molar-refractivity contribution in [1.82, 2.24) is 5.32 Å². The molecule has 0 aliphatic carbocycles. The average Bonchev–Trinajstić information content (AvgIpc) is 2.30. The molecule has 0 bridgehead atoms. The normalized spacial score (nSPS) is 8.73. The van der Waals surface area contributed by atoms with Gasteiger partial charge in [-0.05, 0) is 24.1 Å². The molecule has 3 nitrogen and oxygen atoms in total. The van der Waals surface area contributed by atoms with Gasteiger partial charge in [0.1, 0.15) is 5.75 Å². The SMILES string of the molecule is CC.CNC(=O)CCc1ccc(O)cc1. The molecule has 0 radical (unpaired) electrons. The fourth-order valence-corrected chi connectivity index (χ4v) is 1.05. The highest BCUT2D eigenvalue weighted by molar-refractivity contribution is 5.75. The minimum atomic E-state index is 0.0353. The predicted octanol–water partition coefficient (Wildman–Crippen LogP) is 2.10. The van der Waals surface area contributed by atoms with Crippen LogP contribution in [-0.4, -0.2) is 18.1 Å². The molecular formula is C12H19NO2. The van der Waals surface area contributed by atoms with Crippen molar-refractivity contribution in [3.05, 3.63) is 29.8 Å². The zero-order valence-electron chi connectivity index (χ0n) is 9.58. The van der Waals surface area contributed by atoms with E-state index in [-0.39, 0.29) is 11.7 Å². The molecule has 0 unspecified atom stereocenters. The lowest BCUT2D eigenvalue weighted by atomic mass is 10.1. The van der Waals surface area contributed by atoms with Crippen LogP contribution in [0.2, 0.25) is 0 Å². The molecule has 1 amide bonds. The lowest BCUT2D eigenvalue weighted by Gasteiger charge is -2.00. The molecule has 84 valence electrons. The van der Waals surface area contributed by atoms with Crippen LogP contribution in [0.25, 0.3) is 0 Å². The number of benzene rings is 1. The summed E-state index contributed by atoms with van der Waals surface area (Å²) < 4.78 is 0. The number of hydrogen-bond donors (Lipinski definition) is 2. The van der Waals surface area contributed by atoms with E-state index in [0.29, 0.717) is 12.8 Å². The monoisotopic (exact) mass is 209 g/mol. The number of hydrogen-bond acceptors (Lipinski definition) is 2. The number of phenolic OH excluding ortho intramolecular Hbond substituents is 1. The summed E-state index contributed by atoms with van der Waals surface area (Å²) in [7, 11) is 1.62. The number of phenols is 1. The molecule has 0 saturated heterocycles. The lowest BCUT2D eigenvalue weighted by Crippen LogP contribution is -2.17. The molecule has 1 aromatic rings. The Morgan fingerprint density at radius 1 is 1.27 bits per heavy atom. The maximum atomic E-state index is 10.9. The number of amides is 1. The van der Waals surface area contributed by atoms with Crippen LogP contribution in [0.3, 0.4) is 0 Å². The molecule has 1 aromatic carbocycles. The first-order chi connectivity index (χ1) is 7.22. The van der Waals surface area contributed by atoms with Crippen molar-refractivity contribution >= 4 is 5.91 Å². The summed E-state index contributed by atoms with van der Waals surface area (Å²) in [6, 6.07) is 6.88. The van der Waals surface area contributed by atoms with Crippen LogP contribution in [0, 0.1) is 0 Å². The van der Waals surface area contributed by atoms with Crippen LogP contribution in [0.15, 0.2) is 24.3 Å². The molecule has 0 aliphatic rings. The summed E-state index contributed by atoms with van der Waals surface area (Å²) in [6.07, 6.45) is 1.20. The van der Waals surface area contributed by atoms with Crippen molar-refractivity contribution in [2.45, 2.75) is 26.7 Å². The van der Waals surface area contributed by atoms with Gasteiger partial charge < -0.3 is 10.4 Å². The van der Waals surface area contributed by atoms with E-state index in [0.717, 1.165) is 5.56 Å². The topological polar surface area (TPSA) is 49.3 Å². The van der Waals surface area contributed by atoms with Gasteiger partial charge in [-0.2, -0.15) is 0 Å². The van der Waals surface area contributed by atoms with Gasteiger partial charge in [0.15, 0.2) is 0 Å². The summed E-state index contributed by atoms with van der Waals surface area (Å²) in [5, 5.41) is 11.6. The van der Waals surface area contributed by atoms with Crippen LogP contribution in [0.1, 0.15) is 25.8 Å². The summed E-state index contributed by atoms with van der Waals surface area (Å²) in [5.74, 6) is 0.289. The minimum Gasteiger partial charge on any atom is -0.508 e. The fourth-order valence-electron chi connectivity index (χ4n) is 1.05. The highest BCUT2D eigenvalue weighted by Crippen LogP contribution is 2.10. The van der Waals surface area contributed by atoms with Gasteiger partial charge in [0.25, 0.3) is 0 Å². The van der Waals surface area contributed by atoms with Crippen LogP contribution < -0.4 is 5.32 Å². The molecule has 1 rings (SSSR count). The maximum Gasteiger partial charge on any atom is 0.220 e. The maximum absolute atomic E-state index is 10.9. The van der Waals surface area contributed by atoms with E-state index in [2.05, 4.69) is 5.32 Å². The van der Waals surface area contributed by atoms with Crippen LogP contribution in [0.4, 0.5) is 0 Å². The Morgan fingerprint density at radius 2 is 1.80 bits per heavy atom. The number of nitrogens with one attached hydrogen (secondary N) is 1. The van der Waals surface area contributed by atoms with Gasteiger partial charge in [-0.15, -0.1) is 0 Å². The second-order valence-corrected chi connectivity index (χ2v) is 2.84. The second-order valence-electron chi connectivity index (χ2n) is 2.84. The molecule has 15 heavy (non-hydrogen) atoms. The third kappa shape index (κ3) is 5.73. The van der Waals surface area contributed by atoms with Gasteiger partial charge in [-0.1, -0.05) is 26.0 Å². The van der Waals surface area contributed by atoms with Crippen molar-refractivity contribution in [2.24, 2.45) is 0 Å². The summed E-state index contributed by atoms with van der Waals surface area (Å²) in [4.78, 5) is 10.9. The Kier molecular flexibility index (Phi) is 7.06. The Morgan fingerprint density at radius 3 is 2.27 bits per heavy atom. The molecular weight excluding hydrogens is 190 g/mol. The number of carbonyl (C=O) groups excluding carboxylic acids is 1. The first kappa shape index (κ1) is 13.5. The third-order valence-corrected chi connectivity index (χ3v) is 1.86. The van der Waals surface area contributed by atoms with E-state index >= 15 is 0 Å². The number of rotatable bonds is 3. The zero-order chi connectivity index (χ0) is 11.7. The largest absolute Gasteiger partial charge is 0.508 e. The van der Waals surface area contributed by atoms with Crippen LogP contribution >= 0.6 is 0 Å². The molecule has 2 N–H and O–H groups in total. The fraction of sp³-hybridized carbons (Fsp3) is 0.417. The van der Waals surface area contributed by atoms with Crippen molar-refractivity contribution in [3.8, 4) is 5.75 Å². The number of aromatic hydroxyl groups is 1. The van der Waals surface area contributed by atoms with Crippen molar-refractivity contribution in [1.29, 1.82) is 0 Å². The molecule has 0 aromatic heterocycles. The van der Waals surface area contributed by atoms with E-state index in [9.17, 15) is 4.79 Å². The Balaban J connectivity index is 0.000000921. The first-order valence-corrected chi connectivity index (χ1v) is 5.21. The first-order valence-electron chi connectivity index (χ1n) is 5.21. The van der Waals surface area contributed by atoms with Crippen LogP contribution in [0.5, 0.6) is 5.75 Å². The Labute approximate surface area is 91.1 Å². The Bertz CT molecular complexity index is 280. The van der Waals surface area contributed by atoms with Gasteiger partial charge in [-0.3, -0.25) is 4.79 Å². The molecule has 0 atom stereocenters. The standard InChI is InChI=1S/C10H13NO2.C2H6/c1-11-10(13)7-4-8-2-5-9(12)6-3-8;1-2/h2-3,5-6,12H,4,7H2,1H3,(H,11,13);1-2H3. The van der Waals surface area contributed by atoms with Crippen molar-refractivity contribution in [3.63, 3.8) is 0 Å². The molecule has 0 aliphatic heterocycles. The smallest absolute Gasteiger partial charge is 0.220 e. The van der Waals surface area contributed by atoms with Gasteiger partial charge in [0.2, 0.25) is 5.91 Å². The van der Waals surface area contributed by atoms with Gasteiger partial charge in [0, 0.05) is 13.5 Å². The lowest BCUT2D eigenvalue weighted by molar-refractivity contribution is -0.120. The highest BCUT2D eigenvalue weighted by Gasteiger charge is 1.98. The Hall–Kier alpha value is -1.51. The van der Waals surface area contributed by atoms with E-state index in [4.69, 9.17) is 5.11 Å². The zero-order valence-corrected chi connectivity index (χ0v) is 9.58. The van der Waals surface area contributed by atoms with Gasteiger partial charge in [0.05, 0.1) is 0 Å². The molecule has 3 heteroatoms. The molecule has 0 heterocycles. The van der Waals surface area contributed by atoms with E-state index in [1.807, 2.05) is 26.0 Å². The third-order valence-electron chi connectivity index (χ3n) is 1.86. The quantitative estimate of drug-likeness (QED) is 0.801. The second kappa shape index (κ2) is 7.85. The molecule has 0 saturated carbocycles. The van der Waals surface area contributed by atoms with E-state index in [1.165, 1.54) is 0 Å². The summed E-state index contributed by atoms with van der Waals surface area (Å²) in [6.45, 7) is 4.00. The van der Waals surface area contributed by atoms with E-state index < -0.39 is 0 Å². The van der Waals surface area contributed by atoms with Crippen molar-refractivity contribution in [2.75, 3.05) is 7.05 Å². The summed E-state index contributed by atoms with van der Waals surface area (Å²) in [5.41, 5.74) is 1.06. The van der Waals surface area contributed by atoms with E-state index in [1.54, 1.807) is 19.2 Å². The van der Waals surface area contributed by atoms with Gasteiger partial charge >= 0.3 is 0 Å². The summed E-state index contributed by atoms with van der Waals surface area (Å²) >= 11 is 0. The minimum absolute atomic E-state index is 0.0353. The predicted molar refractivity (Wildman–Crippen MR) is 61.8 cm³/mol. The molecule has 0 spiro atoms. The molecule has 0 fully saturated rings. The van der Waals surface area contributed by atoms with Crippen LogP contribution in [-0.2, 0) is 11.2 Å². The van der Waals surface area contributed by atoms with Gasteiger partial charge in [-0.25, -0.2) is 0 Å². The number of carbonyl (C=O) groups is 1. The number of aryl methyl sites for hydroxylation is 1. The van der Waals surface area contributed by atoms with Crippen molar-refractivity contribution < 1.29 is 9.90 Å². The average molecular weight is 209 g/mol. The highest BCUT2D eigenvalue weighted by atomic mass is 16.3.